The van der Waals surface area contributed by atoms with Crippen LogP contribution in [-0.4, -0.2) is 30.0 Å². The monoisotopic (exact) mass is 381 g/mol. The maximum absolute atomic E-state index is 12.1. The molecular weight excluding hydrogens is 358 g/mol. The van der Waals surface area contributed by atoms with Gasteiger partial charge in [0, 0.05) is 29.7 Å². The molecule has 1 N–H and O–H groups in total. The third-order valence-electron chi connectivity index (χ3n) is 3.98. The Balaban J connectivity index is 1.76. The largest absolute Gasteiger partial charge is 0.457 e. The molecule has 0 fully saturated rings. The van der Waals surface area contributed by atoms with Gasteiger partial charge >= 0.3 is 5.97 Å². The minimum atomic E-state index is -0.596. The molecule has 0 aliphatic carbocycles. The van der Waals surface area contributed by atoms with Crippen LogP contribution < -0.4 is 5.32 Å². The minimum absolute atomic E-state index is 0.0309. The van der Waals surface area contributed by atoms with Crippen molar-refractivity contribution in [3.05, 3.63) is 65.7 Å². The van der Waals surface area contributed by atoms with Crippen LogP contribution in [0.2, 0.25) is 0 Å². The summed E-state index contributed by atoms with van der Waals surface area (Å²) in [6, 6.07) is 15.1. The molecule has 0 bridgehead atoms. The fourth-order valence-corrected chi connectivity index (χ4v) is 2.48. The van der Waals surface area contributed by atoms with Gasteiger partial charge in [0.15, 0.2) is 18.2 Å². The predicted molar refractivity (Wildman–Crippen MR) is 105 cm³/mol. The summed E-state index contributed by atoms with van der Waals surface area (Å²) in [7, 11) is 0. The van der Waals surface area contributed by atoms with Gasteiger partial charge in [-0.3, -0.25) is 19.2 Å². The number of hydrogen-bond acceptors (Lipinski definition) is 5. The molecule has 0 aliphatic heterocycles. The van der Waals surface area contributed by atoms with Gasteiger partial charge < -0.3 is 10.1 Å². The number of carbonyl (C=O) groups is 4. The number of hydrogen-bond donors (Lipinski definition) is 1. The molecule has 2 rings (SSSR count). The number of ether oxygens (including phenoxy) is 1. The number of ketones is 2. The zero-order chi connectivity index (χ0) is 20.4. The summed E-state index contributed by atoms with van der Waals surface area (Å²) < 4.78 is 4.96. The van der Waals surface area contributed by atoms with Gasteiger partial charge in [-0.15, -0.1) is 0 Å². The van der Waals surface area contributed by atoms with E-state index in [0.29, 0.717) is 23.2 Å². The van der Waals surface area contributed by atoms with Crippen LogP contribution in [0, 0.1) is 0 Å². The number of Topliss-reactive ketones (excluding diaryl/α,β-unsaturated/α-hetero) is 2. The van der Waals surface area contributed by atoms with Crippen molar-refractivity contribution in [1.29, 1.82) is 0 Å². The first kappa shape index (κ1) is 21.0. The lowest BCUT2D eigenvalue weighted by Gasteiger charge is -2.07. The van der Waals surface area contributed by atoms with Crippen molar-refractivity contribution in [1.82, 2.24) is 0 Å². The first-order chi connectivity index (χ1) is 13.5. The SMILES string of the molecule is CCCC(=O)Nc1ccc(C(=O)COC(=O)CCC(=O)c2ccccc2)cc1. The molecule has 0 heterocycles. The average Bonchev–Trinajstić information content (AvgIpc) is 2.71. The van der Waals surface area contributed by atoms with E-state index in [2.05, 4.69) is 5.32 Å². The van der Waals surface area contributed by atoms with E-state index in [1.54, 1.807) is 48.5 Å². The molecule has 0 aromatic heterocycles. The summed E-state index contributed by atoms with van der Waals surface area (Å²) in [6.07, 6.45) is 1.14. The number of nitrogens with one attached hydrogen (secondary N) is 1. The average molecular weight is 381 g/mol. The Morgan fingerprint density at radius 1 is 0.786 bits per heavy atom. The summed E-state index contributed by atoms with van der Waals surface area (Å²) in [5, 5.41) is 2.73. The van der Waals surface area contributed by atoms with Gasteiger partial charge in [-0.25, -0.2) is 0 Å². The van der Waals surface area contributed by atoms with Gasteiger partial charge in [0.25, 0.3) is 0 Å². The lowest BCUT2D eigenvalue weighted by molar-refractivity contribution is -0.142. The molecule has 0 saturated carbocycles. The lowest BCUT2D eigenvalue weighted by Crippen LogP contribution is -2.15. The van der Waals surface area contributed by atoms with Gasteiger partial charge in [0.1, 0.15) is 0 Å². The standard InChI is InChI=1S/C22H23NO5/c1-2-6-21(26)23-18-11-9-17(10-12-18)20(25)15-28-22(27)14-13-19(24)16-7-4-3-5-8-16/h3-5,7-12H,2,6,13-15H2,1H3,(H,23,26). The van der Waals surface area contributed by atoms with Crippen molar-refractivity contribution >= 4 is 29.1 Å². The molecule has 0 spiro atoms. The van der Waals surface area contributed by atoms with Crippen molar-refractivity contribution in [2.24, 2.45) is 0 Å². The predicted octanol–water partition coefficient (Wildman–Crippen LogP) is 3.81. The molecule has 2 aromatic carbocycles. The number of anilines is 1. The van der Waals surface area contributed by atoms with Crippen LogP contribution in [0.15, 0.2) is 54.6 Å². The Hall–Kier alpha value is -3.28. The fourth-order valence-electron chi connectivity index (χ4n) is 2.48. The second-order valence-electron chi connectivity index (χ2n) is 6.25. The normalized spacial score (nSPS) is 10.2. The molecule has 28 heavy (non-hydrogen) atoms. The molecule has 6 nitrogen and oxygen atoms in total. The van der Waals surface area contributed by atoms with Crippen LogP contribution in [0.4, 0.5) is 5.69 Å². The Kier molecular flexibility index (Phi) is 8.09. The molecule has 1 amide bonds. The summed E-state index contributed by atoms with van der Waals surface area (Å²) in [4.78, 5) is 47.4. The first-order valence-corrected chi connectivity index (χ1v) is 9.16. The number of esters is 1. The lowest BCUT2D eigenvalue weighted by atomic mass is 10.1. The van der Waals surface area contributed by atoms with Crippen LogP contribution in [0.3, 0.4) is 0 Å². The summed E-state index contributed by atoms with van der Waals surface area (Å²) in [5.74, 6) is -1.18. The van der Waals surface area contributed by atoms with Crippen molar-refractivity contribution in [2.45, 2.75) is 32.6 Å². The second kappa shape index (κ2) is 10.8. The summed E-state index contributed by atoms with van der Waals surface area (Å²) >= 11 is 0. The van der Waals surface area contributed by atoms with Crippen LogP contribution in [0.5, 0.6) is 0 Å². The Labute approximate surface area is 163 Å². The van der Waals surface area contributed by atoms with Gasteiger partial charge in [0.2, 0.25) is 5.91 Å². The highest BCUT2D eigenvalue weighted by atomic mass is 16.5. The van der Waals surface area contributed by atoms with Crippen LogP contribution in [0.25, 0.3) is 0 Å². The molecule has 0 radical (unpaired) electrons. The Bertz CT molecular complexity index is 828. The van der Waals surface area contributed by atoms with E-state index in [1.807, 2.05) is 13.0 Å². The first-order valence-electron chi connectivity index (χ1n) is 9.16. The topological polar surface area (TPSA) is 89.5 Å². The van der Waals surface area contributed by atoms with E-state index in [4.69, 9.17) is 4.74 Å². The van der Waals surface area contributed by atoms with Gasteiger partial charge in [0.05, 0.1) is 6.42 Å². The molecule has 0 atom stereocenters. The number of carbonyl (C=O) groups excluding carboxylic acids is 4. The number of benzene rings is 2. The number of amides is 1. The third-order valence-corrected chi connectivity index (χ3v) is 3.98. The van der Waals surface area contributed by atoms with E-state index in [9.17, 15) is 19.2 Å². The maximum Gasteiger partial charge on any atom is 0.306 e. The third kappa shape index (κ3) is 6.79. The smallest absolute Gasteiger partial charge is 0.306 e. The molecule has 2 aromatic rings. The minimum Gasteiger partial charge on any atom is -0.457 e. The van der Waals surface area contributed by atoms with E-state index >= 15 is 0 Å². The fraction of sp³-hybridized carbons (Fsp3) is 0.273. The summed E-state index contributed by atoms with van der Waals surface area (Å²) in [6.45, 7) is 1.53. The van der Waals surface area contributed by atoms with Crippen molar-refractivity contribution in [2.75, 3.05) is 11.9 Å². The van der Waals surface area contributed by atoms with Crippen LogP contribution in [-0.2, 0) is 14.3 Å². The summed E-state index contributed by atoms with van der Waals surface area (Å²) in [5.41, 5.74) is 1.52. The van der Waals surface area contributed by atoms with E-state index in [0.717, 1.165) is 6.42 Å². The Morgan fingerprint density at radius 2 is 1.43 bits per heavy atom. The van der Waals surface area contributed by atoms with Gasteiger partial charge in [-0.05, 0) is 30.7 Å². The molecular formula is C22H23NO5. The molecule has 0 saturated heterocycles. The maximum atomic E-state index is 12.1. The highest BCUT2D eigenvalue weighted by molar-refractivity contribution is 5.99. The second-order valence-corrected chi connectivity index (χ2v) is 6.25. The number of rotatable bonds is 10. The van der Waals surface area contributed by atoms with Crippen molar-refractivity contribution in [3.63, 3.8) is 0 Å². The molecule has 0 unspecified atom stereocenters. The van der Waals surface area contributed by atoms with E-state index in [-0.39, 0.29) is 36.9 Å². The van der Waals surface area contributed by atoms with E-state index in [1.165, 1.54) is 0 Å². The quantitative estimate of drug-likeness (QED) is 0.499. The van der Waals surface area contributed by atoms with Crippen molar-refractivity contribution < 1.29 is 23.9 Å². The van der Waals surface area contributed by atoms with Gasteiger partial charge in [-0.1, -0.05) is 37.3 Å². The highest BCUT2D eigenvalue weighted by Gasteiger charge is 2.13. The zero-order valence-electron chi connectivity index (χ0n) is 15.8. The van der Waals surface area contributed by atoms with Gasteiger partial charge in [-0.2, -0.15) is 0 Å². The van der Waals surface area contributed by atoms with Crippen LogP contribution in [0.1, 0.15) is 53.3 Å². The zero-order valence-corrected chi connectivity index (χ0v) is 15.8. The molecule has 6 heteroatoms. The Morgan fingerprint density at radius 3 is 2.07 bits per heavy atom. The van der Waals surface area contributed by atoms with Crippen molar-refractivity contribution in [3.8, 4) is 0 Å². The molecule has 0 aliphatic rings. The van der Waals surface area contributed by atoms with Crippen LogP contribution >= 0.6 is 0 Å². The highest BCUT2D eigenvalue weighted by Crippen LogP contribution is 2.11. The molecule has 146 valence electrons. The van der Waals surface area contributed by atoms with E-state index < -0.39 is 5.97 Å².